The Morgan fingerprint density at radius 2 is 2.11 bits per heavy atom. The van der Waals surface area contributed by atoms with Gasteiger partial charge in [-0.25, -0.2) is 4.98 Å². The Morgan fingerprint density at radius 3 is 2.86 bits per heavy atom. The molecule has 1 atom stereocenters. The molecule has 0 bridgehead atoms. The topological polar surface area (TPSA) is 82.1 Å². The zero-order valence-corrected chi connectivity index (χ0v) is 15.9. The van der Waals surface area contributed by atoms with Crippen molar-refractivity contribution in [3.05, 3.63) is 54.4 Å². The summed E-state index contributed by atoms with van der Waals surface area (Å²) in [4.78, 5) is 18.6. The van der Waals surface area contributed by atoms with Gasteiger partial charge in [-0.1, -0.05) is 6.07 Å². The minimum atomic E-state index is -0.311. The van der Waals surface area contributed by atoms with E-state index >= 15 is 0 Å². The molecule has 3 heterocycles. The Morgan fingerprint density at radius 1 is 1.29 bits per heavy atom. The zero-order valence-electron chi connectivity index (χ0n) is 15.9. The van der Waals surface area contributed by atoms with Crippen molar-refractivity contribution in [2.75, 3.05) is 26.9 Å². The Bertz CT molecular complexity index is 967. The molecule has 2 N–H and O–H groups in total. The third-order valence-electron chi connectivity index (χ3n) is 5.13. The van der Waals surface area contributed by atoms with E-state index in [0.717, 1.165) is 34.9 Å². The van der Waals surface area contributed by atoms with Gasteiger partial charge in [0.15, 0.2) is 0 Å². The van der Waals surface area contributed by atoms with Crippen LogP contribution in [0.5, 0.6) is 5.75 Å². The number of nitrogens with zero attached hydrogens (tertiary/aromatic N) is 3. The first-order valence-electron chi connectivity index (χ1n) is 9.36. The van der Waals surface area contributed by atoms with Crippen LogP contribution in [-0.2, 0) is 16.1 Å². The number of ether oxygens (including phenoxy) is 2. The third-order valence-corrected chi connectivity index (χ3v) is 5.13. The number of methoxy groups -OCH3 is 1. The van der Waals surface area contributed by atoms with Crippen LogP contribution >= 0.6 is 0 Å². The van der Waals surface area contributed by atoms with Gasteiger partial charge < -0.3 is 19.6 Å². The summed E-state index contributed by atoms with van der Waals surface area (Å²) in [5.41, 5.74) is 9.38. The van der Waals surface area contributed by atoms with E-state index in [4.69, 9.17) is 20.2 Å². The van der Waals surface area contributed by atoms with Crippen LogP contribution < -0.4 is 10.5 Å². The van der Waals surface area contributed by atoms with Crippen LogP contribution in [0.25, 0.3) is 16.9 Å². The van der Waals surface area contributed by atoms with Crippen LogP contribution in [0.4, 0.5) is 0 Å². The fourth-order valence-corrected chi connectivity index (χ4v) is 3.69. The van der Waals surface area contributed by atoms with Gasteiger partial charge in [0.25, 0.3) is 0 Å². The second-order valence-electron chi connectivity index (χ2n) is 6.93. The molecule has 3 aromatic rings. The highest BCUT2D eigenvalue weighted by Crippen LogP contribution is 2.28. The molecule has 1 saturated heterocycles. The predicted octanol–water partition coefficient (Wildman–Crippen LogP) is 2.09. The molecule has 0 saturated carbocycles. The molecule has 4 rings (SSSR count). The molecule has 2 aromatic heterocycles. The Hall–Kier alpha value is -2.90. The number of pyridine rings is 1. The monoisotopic (exact) mass is 380 g/mol. The molecule has 7 nitrogen and oxygen atoms in total. The number of amides is 1. The highest BCUT2D eigenvalue weighted by Gasteiger charge is 2.27. The lowest BCUT2D eigenvalue weighted by Crippen LogP contribution is -2.46. The second kappa shape index (κ2) is 8.00. The first kappa shape index (κ1) is 18.5. The fourth-order valence-electron chi connectivity index (χ4n) is 3.69. The molecule has 1 aliphatic rings. The summed E-state index contributed by atoms with van der Waals surface area (Å²) in [5.74, 6) is 0.498. The first-order valence-corrected chi connectivity index (χ1v) is 9.36. The van der Waals surface area contributed by atoms with Gasteiger partial charge in [0.1, 0.15) is 11.4 Å². The molecule has 146 valence electrons. The SMILES string of the molecule is COc1ccc(-c2nc3ccccn3c2CN2CCOC[C@@H]2CC(N)=O)cc1. The van der Waals surface area contributed by atoms with Crippen molar-refractivity contribution in [3.63, 3.8) is 0 Å². The van der Waals surface area contributed by atoms with Gasteiger partial charge in [-0.05, 0) is 36.4 Å². The van der Waals surface area contributed by atoms with E-state index in [0.29, 0.717) is 19.8 Å². The van der Waals surface area contributed by atoms with E-state index in [2.05, 4.69) is 9.30 Å². The molecule has 1 aromatic carbocycles. The predicted molar refractivity (Wildman–Crippen MR) is 106 cm³/mol. The maximum absolute atomic E-state index is 11.5. The van der Waals surface area contributed by atoms with Crippen molar-refractivity contribution in [1.29, 1.82) is 0 Å². The summed E-state index contributed by atoms with van der Waals surface area (Å²) >= 11 is 0. The van der Waals surface area contributed by atoms with Crippen molar-refractivity contribution < 1.29 is 14.3 Å². The molecule has 7 heteroatoms. The number of imidazole rings is 1. The third kappa shape index (κ3) is 3.72. The largest absolute Gasteiger partial charge is 0.497 e. The number of benzene rings is 1. The zero-order chi connectivity index (χ0) is 19.5. The molecule has 1 aliphatic heterocycles. The number of carbonyl (C=O) groups excluding carboxylic acids is 1. The first-order chi connectivity index (χ1) is 13.7. The van der Waals surface area contributed by atoms with E-state index in [1.54, 1.807) is 7.11 Å². The molecule has 0 aliphatic carbocycles. The summed E-state index contributed by atoms with van der Waals surface area (Å²) in [6.07, 6.45) is 2.31. The van der Waals surface area contributed by atoms with Crippen LogP contribution in [0.1, 0.15) is 12.1 Å². The Labute approximate surface area is 163 Å². The minimum absolute atomic E-state index is 0.0239. The summed E-state index contributed by atoms with van der Waals surface area (Å²) < 4.78 is 13.0. The van der Waals surface area contributed by atoms with Crippen molar-refractivity contribution in [3.8, 4) is 17.0 Å². The molecular formula is C21H24N4O3. The van der Waals surface area contributed by atoms with Crippen molar-refractivity contribution >= 4 is 11.6 Å². The van der Waals surface area contributed by atoms with E-state index in [1.807, 2.05) is 48.7 Å². The maximum atomic E-state index is 11.5. The molecular weight excluding hydrogens is 356 g/mol. The normalized spacial score (nSPS) is 17.7. The number of primary amides is 1. The smallest absolute Gasteiger partial charge is 0.219 e. The summed E-state index contributed by atoms with van der Waals surface area (Å²) in [5, 5.41) is 0. The molecule has 1 fully saturated rings. The number of morpholine rings is 1. The van der Waals surface area contributed by atoms with Gasteiger partial charge in [-0.15, -0.1) is 0 Å². The molecule has 0 spiro atoms. The van der Waals surface area contributed by atoms with Gasteiger partial charge in [-0.2, -0.15) is 0 Å². The van der Waals surface area contributed by atoms with E-state index < -0.39 is 0 Å². The number of fused-ring (bicyclic) bond motifs is 1. The quantitative estimate of drug-likeness (QED) is 0.708. The van der Waals surface area contributed by atoms with Crippen LogP contribution in [0.2, 0.25) is 0 Å². The van der Waals surface area contributed by atoms with Crippen molar-refractivity contribution in [1.82, 2.24) is 14.3 Å². The van der Waals surface area contributed by atoms with E-state index in [-0.39, 0.29) is 18.4 Å². The number of aromatic nitrogens is 2. The van der Waals surface area contributed by atoms with E-state index in [9.17, 15) is 4.79 Å². The van der Waals surface area contributed by atoms with Gasteiger partial charge in [0.2, 0.25) is 5.91 Å². The number of hydrogen-bond acceptors (Lipinski definition) is 5. The number of carbonyl (C=O) groups is 1. The molecule has 0 unspecified atom stereocenters. The lowest BCUT2D eigenvalue weighted by molar-refractivity contribution is -0.121. The molecule has 1 amide bonds. The van der Waals surface area contributed by atoms with Gasteiger partial charge >= 0.3 is 0 Å². The number of hydrogen-bond donors (Lipinski definition) is 1. The van der Waals surface area contributed by atoms with E-state index in [1.165, 1.54) is 0 Å². The molecule has 0 radical (unpaired) electrons. The maximum Gasteiger partial charge on any atom is 0.219 e. The van der Waals surface area contributed by atoms with Crippen molar-refractivity contribution in [2.45, 2.75) is 19.0 Å². The lowest BCUT2D eigenvalue weighted by atomic mass is 10.1. The summed E-state index contributed by atoms with van der Waals surface area (Å²) in [7, 11) is 1.66. The standard InChI is InChI=1S/C21H24N4O3/c1-27-17-7-5-15(6-8-17)21-18(25-9-3-2-4-20(25)23-21)13-24-10-11-28-14-16(24)12-19(22)26/h2-9,16H,10-14H2,1H3,(H2,22,26)/t16-/m0/s1. The van der Waals surface area contributed by atoms with Crippen LogP contribution in [0.15, 0.2) is 48.7 Å². The molecule has 28 heavy (non-hydrogen) atoms. The van der Waals surface area contributed by atoms with Crippen LogP contribution in [-0.4, -0.2) is 53.1 Å². The number of rotatable bonds is 6. The van der Waals surface area contributed by atoms with Crippen LogP contribution in [0.3, 0.4) is 0 Å². The van der Waals surface area contributed by atoms with Gasteiger partial charge in [-0.3, -0.25) is 9.69 Å². The highest BCUT2D eigenvalue weighted by atomic mass is 16.5. The number of nitrogens with two attached hydrogens (primary N) is 1. The van der Waals surface area contributed by atoms with Crippen LogP contribution in [0, 0.1) is 0 Å². The Balaban J connectivity index is 1.73. The fraction of sp³-hybridized carbons (Fsp3) is 0.333. The van der Waals surface area contributed by atoms with Crippen molar-refractivity contribution in [2.24, 2.45) is 5.73 Å². The average molecular weight is 380 g/mol. The van der Waals surface area contributed by atoms with Gasteiger partial charge in [0, 0.05) is 37.3 Å². The summed E-state index contributed by atoms with van der Waals surface area (Å²) in [6, 6.07) is 13.9. The average Bonchev–Trinajstić information content (AvgIpc) is 3.08. The Kier molecular flexibility index (Phi) is 5.27. The summed E-state index contributed by atoms with van der Waals surface area (Å²) in [6.45, 7) is 2.56. The van der Waals surface area contributed by atoms with Gasteiger partial charge in [0.05, 0.1) is 31.7 Å². The second-order valence-corrected chi connectivity index (χ2v) is 6.93. The highest BCUT2D eigenvalue weighted by molar-refractivity contribution is 5.74. The lowest BCUT2D eigenvalue weighted by Gasteiger charge is -2.35. The minimum Gasteiger partial charge on any atom is -0.497 e.